The molecule has 1 fully saturated rings. The second-order valence-corrected chi connectivity index (χ2v) is 6.77. The van der Waals surface area contributed by atoms with Crippen molar-refractivity contribution in [2.45, 2.75) is 45.1 Å². The monoisotopic (exact) mass is 288 g/mol. The molecule has 1 atom stereocenters. The Morgan fingerprint density at radius 1 is 1.10 bits per heavy atom. The molecule has 1 aliphatic carbocycles. The maximum atomic E-state index is 12.0. The number of rotatable bonds is 2. The van der Waals surface area contributed by atoms with Crippen molar-refractivity contribution in [3.63, 3.8) is 0 Å². The van der Waals surface area contributed by atoms with Crippen molar-refractivity contribution in [1.29, 1.82) is 0 Å². The molecule has 2 aromatic rings. The molecule has 1 unspecified atom stereocenters. The standard InChI is InChI=1S/C17H24N2O2/c1-17(9-5-4-6-10-17)15(20)12-7-8-13-14(11-12)19(3)16(21)18(13)2/h7-8,11,15,20H,4-6,9-10H2,1-3H3. The van der Waals surface area contributed by atoms with Crippen molar-refractivity contribution in [1.82, 2.24) is 9.13 Å². The van der Waals surface area contributed by atoms with Crippen molar-refractivity contribution in [2.75, 3.05) is 0 Å². The van der Waals surface area contributed by atoms with Crippen molar-refractivity contribution < 1.29 is 5.11 Å². The molecule has 0 bridgehead atoms. The molecule has 4 heteroatoms. The summed E-state index contributed by atoms with van der Waals surface area (Å²) in [5.41, 5.74) is 2.65. The Labute approximate surface area is 125 Å². The molecule has 0 spiro atoms. The first-order chi connectivity index (χ1) is 9.94. The number of aryl methyl sites for hydroxylation is 2. The minimum absolute atomic E-state index is 0.0273. The molecule has 21 heavy (non-hydrogen) atoms. The summed E-state index contributed by atoms with van der Waals surface area (Å²) >= 11 is 0. The Bertz CT molecular complexity index is 720. The van der Waals surface area contributed by atoms with E-state index in [1.807, 2.05) is 18.2 Å². The van der Waals surface area contributed by atoms with Gasteiger partial charge in [-0.15, -0.1) is 0 Å². The highest BCUT2D eigenvalue weighted by Crippen LogP contribution is 2.45. The summed E-state index contributed by atoms with van der Waals surface area (Å²) in [6.07, 6.45) is 5.34. The van der Waals surface area contributed by atoms with Gasteiger partial charge in [0.25, 0.3) is 0 Å². The fraction of sp³-hybridized carbons (Fsp3) is 0.588. The van der Waals surface area contributed by atoms with Crippen LogP contribution in [0.4, 0.5) is 0 Å². The second-order valence-electron chi connectivity index (χ2n) is 6.77. The molecular formula is C17H24N2O2. The average molecular weight is 288 g/mol. The predicted molar refractivity (Wildman–Crippen MR) is 84.3 cm³/mol. The van der Waals surface area contributed by atoms with Gasteiger partial charge in [-0.1, -0.05) is 32.3 Å². The molecule has 1 aromatic carbocycles. The van der Waals surface area contributed by atoms with Crippen LogP contribution in [0.15, 0.2) is 23.0 Å². The van der Waals surface area contributed by atoms with E-state index >= 15 is 0 Å². The molecule has 1 aliphatic rings. The van der Waals surface area contributed by atoms with Crippen LogP contribution < -0.4 is 5.69 Å². The van der Waals surface area contributed by atoms with E-state index in [0.29, 0.717) is 0 Å². The Hall–Kier alpha value is -1.55. The third-order valence-electron chi connectivity index (χ3n) is 5.27. The molecule has 1 N–H and O–H groups in total. The summed E-state index contributed by atoms with van der Waals surface area (Å²) in [4.78, 5) is 12.0. The maximum Gasteiger partial charge on any atom is 0.328 e. The summed E-state index contributed by atoms with van der Waals surface area (Å²) in [5, 5.41) is 10.8. The SMILES string of the molecule is Cn1c(=O)n(C)c2cc(C(O)C3(C)CCCCC3)ccc21. The van der Waals surface area contributed by atoms with Gasteiger partial charge in [0.2, 0.25) is 0 Å². The third kappa shape index (κ3) is 2.22. The van der Waals surface area contributed by atoms with Crippen LogP contribution in [0.1, 0.15) is 50.7 Å². The quantitative estimate of drug-likeness (QED) is 0.923. The molecule has 0 radical (unpaired) electrons. The van der Waals surface area contributed by atoms with E-state index in [9.17, 15) is 9.90 Å². The first kappa shape index (κ1) is 14.4. The lowest BCUT2D eigenvalue weighted by atomic mass is 9.70. The maximum absolute atomic E-state index is 12.0. The number of hydrogen-bond donors (Lipinski definition) is 1. The Morgan fingerprint density at radius 3 is 2.38 bits per heavy atom. The van der Waals surface area contributed by atoms with Crippen LogP contribution >= 0.6 is 0 Å². The van der Waals surface area contributed by atoms with E-state index in [1.54, 1.807) is 23.2 Å². The van der Waals surface area contributed by atoms with Gasteiger partial charge < -0.3 is 5.11 Å². The highest BCUT2D eigenvalue weighted by Gasteiger charge is 2.35. The zero-order valence-corrected chi connectivity index (χ0v) is 13.1. The summed E-state index contributed by atoms with van der Waals surface area (Å²) in [7, 11) is 3.56. The minimum Gasteiger partial charge on any atom is -0.388 e. The van der Waals surface area contributed by atoms with Crippen LogP contribution in [-0.2, 0) is 14.1 Å². The fourth-order valence-corrected chi connectivity index (χ4v) is 3.73. The summed E-state index contributed by atoms with van der Waals surface area (Å²) in [5.74, 6) is 0. The van der Waals surface area contributed by atoms with E-state index in [2.05, 4.69) is 6.92 Å². The van der Waals surface area contributed by atoms with Crippen LogP contribution in [-0.4, -0.2) is 14.2 Å². The molecule has 0 amide bonds. The number of hydrogen-bond acceptors (Lipinski definition) is 2. The number of benzene rings is 1. The first-order valence-corrected chi connectivity index (χ1v) is 7.77. The molecule has 0 aliphatic heterocycles. The van der Waals surface area contributed by atoms with Gasteiger partial charge in [0.05, 0.1) is 17.1 Å². The fourth-order valence-electron chi connectivity index (χ4n) is 3.73. The lowest BCUT2D eigenvalue weighted by molar-refractivity contribution is 0.00826. The van der Waals surface area contributed by atoms with Crippen LogP contribution in [0.2, 0.25) is 0 Å². The molecule has 1 heterocycles. The summed E-state index contributed by atoms with van der Waals surface area (Å²) in [6.45, 7) is 2.19. The highest BCUT2D eigenvalue weighted by atomic mass is 16.3. The second kappa shape index (κ2) is 5.02. The van der Waals surface area contributed by atoms with E-state index in [0.717, 1.165) is 29.4 Å². The zero-order chi connectivity index (χ0) is 15.2. The van der Waals surface area contributed by atoms with Gasteiger partial charge in [-0.25, -0.2) is 4.79 Å². The van der Waals surface area contributed by atoms with E-state index in [1.165, 1.54) is 19.3 Å². The van der Waals surface area contributed by atoms with Gasteiger partial charge in [0.1, 0.15) is 0 Å². The van der Waals surface area contributed by atoms with Gasteiger partial charge in [0, 0.05) is 14.1 Å². The molecule has 0 saturated heterocycles. The molecular weight excluding hydrogens is 264 g/mol. The van der Waals surface area contributed by atoms with Crippen LogP contribution in [0.5, 0.6) is 0 Å². The van der Waals surface area contributed by atoms with Crippen molar-refractivity contribution >= 4 is 11.0 Å². The smallest absolute Gasteiger partial charge is 0.328 e. The molecule has 1 saturated carbocycles. The summed E-state index contributed by atoms with van der Waals surface area (Å²) in [6, 6.07) is 5.88. The minimum atomic E-state index is -0.461. The Kier molecular flexibility index (Phi) is 3.44. The van der Waals surface area contributed by atoms with Crippen molar-refractivity contribution in [2.24, 2.45) is 19.5 Å². The zero-order valence-electron chi connectivity index (χ0n) is 13.1. The van der Waals surface area contributed by atoms with E-state index < -0.39 is 6.10 Å². The number of aromatic nitrogens is 2. The molecule has 1 aromatic heterocycles. The topological polar surface area (TPSA) is 47.2 Å². The van der Waals surface area contributed by atoms with Crippen LogP contribution in [0.25, 0.3) is 11.0 Å². The van der Waals surface area contributed by atoms with Crippen molar-refractivity contribution in [3.05, 3.63) is 34.2 Å². The lowest BCUT2D eigenvalue weighted by Gasteiger charge is -2.38. The Balaban J connectivity index is 2.04. The largest absolute Gasteiger partial charge is 0.388 e. The normalized spacial score (nSPS) is 19.8. The van der Waals surface area contributed by atoms with Gasteiger partial charge in [-0.05, 0) is 36.0 Å². The molecule has 3 rings (SSSR count). The van der Waals surface area contributed by atoms with Crippen molar-refractivity contribution in [3.8, 4) is 0 Å². The van der Waals surface area contributed by atoms with Gasteiger partial charge in [0.15, 0.2) is 0 Å². The van der Waals surface area contributed by atoms with E-state index in [4.69, 9.17) is 0 Å². The van der Waals surface area contributed by atoms with Crippen LogP contribution in [0, 0.1) is 5.41 Å². The number of imidazole rings is 1. The molecule has 114 valence electrons. The van der Waals surface area contributed by atoms with Gasteiger partial charge in [-0.3, -0.25) is 9.13 Å². The van der Waals surface area contributed by atoms with Gasteiger partial charge in [-0.2, -0.15) is 0 Å². The van der Waals surface area contributed by atoms with E-state index in [-0.39, 0.29) is 11.1 Å². The number of nitrogens with zero attached hydrogens (tertiary/aromatic N) is 2. The van der Waals surface area contributed by atoms with Crippen LogP contribution in [0.3, 0.4) is 0 Å². The number of aliphatic hydroxyl groups excluding tert-OH is 1. The number of aliphatic hydroxyl groups is 1. The third-order valence-corrected chi connectivity index (χ3v) is 5.27. The predicted octanol–water partition coefficient (Wildman–Crippen LogP) is 2.88. The van der Waals surface area contributed by atoms with Gasteiger partial charge >= 0.3 is 5.69 Å². The summed E-state index contributed by atoms with van der Waals surface area (Å²) < 4.78 is 3.29. The lowest BCUT2D eigenvalue weighted by Crippen LogP contribution is -2.28. The Morgan fingerprint density at radius 2 is 1.71 bits per heavy atom. The molecule has 4 nitrogen and oxygen atoms in total. The average Bonchev–Trinajstić information content (AvgIpc) is 2.72. The number of fused-ring (bicyclic) bond motifs is 1. The highest BCUT2D eigenvalue weighted by molar-refractivity contribution is 5.77. The first-order valence-electron chi connectivity index (χ1n) is 7.77.